The maximum Gasteiger partial charge on any atom is 0.419 e. The molecule has 2 aromatic carbocycles. The van der Waals surface area contributed by atoms with Crippen LogP contribution in [0.4, 0.5) is 42.6 Å². The lowest BCUT2D eigenvalue weighted by Crippen LogP contribution is -2.60. The SMILES string of the molecule is CCc1cnc(NCC2[C@H](C)CC(F)(F)CN2C(=O)c2nn(C)cc2-c2ccccc2CC2CC(F)(F)CN(C(=O)C(=N)/C(=C\NC)c3ccccc3)C2CNc2ncc(C(F)(F)F)cn2)nc1. The first-order valence-corrected chi connectivity index (χ1v) is 22.0. The lowest BCUT2D eigenvalue weighted by molar-refractivity contribution is -0.146. The summed E-state index contributed by atoms with van der Waals surface area (Å²) in [5.74, 6) is -10.3. The molecule has 5 heterocycles. The van der Waals surface area contributed by atoms with Gasteiger partial charge in [0.2, 0.25) is 11.9 Å². The highest BCUT2D eigenvalue weighted by molar-refractivity contribution is 6.54. The number of nitrogens with one attached hydrogen (secondary N) is 4. The first-order valence-electron chi connectivity index (χ1n) is 22.0. The highest BCUT2D eigenvalue weighted by atomic mass is 19.4. The molecular weight excluding hydrogens is 898 g/mol. The van der Waals surface area contributed by atoms with Crippen LogP contribution >= 0.6 is 0 Å². The molecule has 3 unspecified atom stereocenters. The molecular formula is C47H51F7N12O2. The van der Waals surface area contributed by atoms with Crippen molar-refractivity contribution in [2.45, 2.75) is 69.6 Å². The Bertz CT molecular complexity index is 2610. The zero-order chi connectivity index (χ0) is 49.0. The molecule has 2 aliphatic heterocycles. The van der Waals surface area contributed by atoms with Crippen molar-refractivity contribution < 1.29 is 40.3 Å². The zero-order valence-corrected chi connectivity index (χ0v) is 37.7. The van der Waals surface area contributed by atoms with Gasteiger partial charge < -0.3 is 25.8 Å². The van der Waals surface area contributed by atoms with Gasteiger partial charge in [-0.15, -0.1) is 0 Å². The van der Waals surface area contributed by atoms with Crippen LogP contribution in [-0.2, 0) is 30.9 Å². The van der Waals surface area contributed by atoms with Crippen molar-refractivity contribution in [1.82, 2.24) is 44.8 Å². The maximum absolute atomic E-state index is 16.2. The number of alkyl halides is 7. The van der Waals surface area contributed by atoms with Crippen LogP contribution in [0.5, 0.6) is 0 Å². The van der Waals surface area contributed by atoms with E-state index < -0.39 is 91.0 Å². The smallest absolute Gasteiger partial charge is 0.393 e. The summed E-state index contributed by atoms with van der Waals surface area (Å²) < 4.78 is 105. The molecule has 14 nitrogen and oxygen atoms in total. The number of piperidine rings is 2. The summed E-state index contributed by atoms with van der Waals surface area (Å²) in [4.78, 5) is 47.3. The number of likely N-dealkylation sites (tertiary alicyclic amines) is 2. The second kappa shape index (κ2) is 20.1. The minimum absolute atomic E-state index is 0.0559. The molecule has 7 rings (SSSR count). The molecule has 68 heavy (non-hydrogen) atoms. The van der Waals surface area contributed by atoms with Crippen LogP contribution < -0.4 is 16.0 Å². The average Bonchev–Trinajstić information content (AvgIpc) is 3.70. The predicted octanol–water partition coefficient (Wildman–Crippen LogP) is 7.63. The number of halogens is 7. The van der Waals surface area contributed by atoms with E-state index in [0.717, 1.165) is 15.4 Å². The second-order valence-electron chi connectivity index (χ2n) is 17.2. The van der Waals surface area contributed by atoms with Gasteiger partial charge in [0.15, 0.2) is 5.69 Å². The lowest BCUT2D eigenvalue weighted by Gasteiger charge is -2.45. The Labute approximate surface area is 388 Å². The third-order valence-corrected chi connectivity index (χ3v) is 12.2. The second-order valence-corrected chi connectivity index (χ2v) is 17.2. The Balaban J connectivity index is 1.23. The molecule has 0 bridgehead atoms. The number of amides is 2. The Kier molecular flexibility index (Phi) is 14.5. The third-order valence-electron chi connectivity index (χ3n) is 12.2. The number of hydrogen-bond donors (Lipinski definition) is 4. The van der Waals surface area contributed by atoms with Crippen molar-refractivity contribution in [3.8, 4) is 11.1 Å². The molecule has 4 N–H and O–H groups in total. The zero-order valence-electron chi connectivity index (χ0n) is 37.7. The van der Waals surface area contributed by atoms with E-state index in [9.17, 15) is 22.8 Å². The predicted molar refractivity (Wildman–Crippen MR) is 241 cm³/mol. The summed E-state index contributed by atoms with van der Waals surface area (Å²) in [7, 11) is 3.12. The highest BCUT2D eigenvalue weighted by Gasteiger charge is 2.50. The molecule has 360 valence electrons. The molecule has 4 atom stereocenters. The van der Waals surface area contributed by atoms with E-state index >= 15 is 17.6 Å². The van der Waals surface area contributed by atoms with Crippen molar-refractivity contribution in [3.63, 3.8) is 0 Å². The van der Waals surface area contributed by atoms with Crippen molar-refractivity contribution in [3.05, 3.63) is 120 Å². The number of anilines is 2. The monoisotopic (exact) mass is 948 g/mol. The molecule has 2 aliphatic rings. The molecule has 0 spiro atoms. The first-order chi connectivity index (χ1) is 32.3. The van der Waals surface area contributed by atoms with Gasteiger partial charge in [0.1, 0.15) is 5.71 Å². The summed E-state index contributed by atoms with van der Waals surface area (Å²) in [6.45, 7) is 1.36. The molecule has 3 aromatic heterocycles. The van der Waals surface area contributed by atoms with Crippen LogP contribution in [0.3, 0.4) is 0 Å². The number of hydrogen-bond acceptors (Lipinski definition) is 11. The fraction of sp³-hybridized carbons (Fsp3) is 0.404. The Hall–Kier alpha value is -6.93. The van der Waals surface area contributed by atoms with Crippen molar-refractivity contribution >= 4 is 35.0 Å². The van der Waals surface area contributed by atoms with E-state index in [1.165, 1.54) is 10.9 Å². The van der Waals surface area contributed by atoms with Crippen molar-refractivity contribution in [2.75, 3.05) is 43.9 Å². The molecule has 21 heteroatoms. The topological polar surface area (TPSA) is 170 Å². The Morgan fingerprint density at radius 2 is 1.41 bits per heavy atom. The average molecular weight is 949 g/mol. The minimum atomic E-state index is -4.72. The fourth-order valence-corrected chi connectivity index (χ4v) is 8.92. The quantitative estimate of drug-likeness (QED) is 0.0605. The molecule has 0 saturated carbocycles. The van der Waals surface area contributed by atoms with Gasteiger partial charge in [-0.3, -0.25) is 19.7 Å². The normalized spacial score (nSPS) is 20.4. The van der Waals surface area contributed by atoms with E-state index in [4.69, 9.17) is 5.41 Å². The minimum Gasteiger partial charge on any atom is -0.393 e. The van der Waals surface area contributed by atoms with E-state index in [1.54, 1.807) is 94.2 Å². The van der Waals surface area contributed by atoms with Gasteiger partial charge in [0.05, 0.1) is 30.7 Å². The van der Waals surface area contributed by atoms with Gasteiger partial charge in [0.25, 0.3) is 23.7 Å². The number of carbonyl (C=O) groups excluding carboxylic acids is 2. The summed E-state index contributed by atoms with van der Waals surface area (Å²) in [5.41, 5.74) is 0.711. The van der Waals surface area contributed by atoms with Crippen LogP contribution in [0.25, 0.3) is 16.7 Å². The van der Waals surface area contributed by atoms with Crippen LogP contribution in [0.15, 0.2) is 91.8 Å². The first kappa shape index (κ1) is 49.0. The lowest BCUT2D eigenvalue weighted by atomic mass is 9.80. The van der Waals surface area contributed by atoms with E-state index in [0.29, 0.717) is 35.5 Å². The molecule has 2 fully saturated rings. The fourth-order valence-electron chi connectivity index (χ4n) is 8.92. The van der Waals surface area contributed by atoms with Gasteiger partial charge in [-0.1, -0.05) is 68.4 Å². The van der Waals surface area contributed by atoms with E-state index in [1.807, 2.05) is 6.92 Å². The van der Waals surface area contributed by atoms with Crippen LogP contribution in [0, 0.1) is 17.2 Å². The summed E-state index contributed by atoms with van der Waals surface area (Å²) in [6.07, 6.45) is 2.02. The highest BCUT2D eigenvalue weighted by Crippen LogP contribution is 2.41. The summed E-state index contributed by atoms with van der Waals surface area (Å²) in [6, 6.07) is 13.2. The number of nitrogens with zero attached hydrogens (tertiary/aromatic N) is 8. The van der Waals surface area contributed by atoms with E-state index in [2.05, 4.69) is 41.0 Å². The summed E-state index contributed by atoms with van der Waals surface area (Å²) in [5, 5.41) is 22.2. The molecule has 0 radical (unpaired) electrons. The number of carbonyl (C=O) groups is 2. The van der Waals surface area contributed by atoms with Gasteiger partial charge in [-0.2, -0.15) is 18.3 Å². The third kappa shape index (κ3) is 11.2. The molecule has 2 saturated heterocycles. The van der Waals surface area contributed by atoms with Crippen LogP contribution in [0.2, 0.25) is 0 Å². The van der Waals surface area contributed by atoms with Gasteiger partial charge in [0, 0.05) is 88.3 Å². The number of rotatable bonds is 15. The Morgan fingerprint density at radius 1 is 0.824 bits per heavy atom. The number of aromatic nitrogens is 6. The molecule has 2 amide bonds. The standard InChI is InChI=1S/C47H51F7N12O2/c1-5-29-18-57-43(58-19-29)61-23-37-28(2)16-45(48,49)26-65(37)42(68)40-36(25-64(4)63-40)34-14-10-9-13-31(34)15-32-17-46(50,51)27-66(38(32)24-62-44-59-20-33(21-60-44)47(52,53)54)41(67)39(55)35(22-56-3)30-11-7-6-8-12-30/h6-14,18-22,25,28,32,37-38,55-56H,5,15-17,23-24,26-27H2,1-4H3,(H,57,58,61)(H,59,60,62)/b35-22-,55-39?/t28-,32?,37?,38?/m1/s1. The number of aryl methyl sites for hydroxylation is 2. The summed E-state index contributed by atoms with van der Waals surface area (Å²) >= 11 is 0. The van der Waals surface area contributed by atoms with Gasteiger partial charge >= 0.3 is 6.18 Å². The van der Waals surface area contributed by atoms with Crippen LogP contribution in [0.1, 0.15) is 59.4 Å². The molecule has 0 aliphatic carbocycles. The largest absolute Gasteiger partial charge is 0.419 e. The number of benzene rings is 2. The maximum atomic E-state index is 16.2. The van der Waals surface area contributed by atoms with Crippen molar-refractivity contribution in [2.24, 2.45) is 18.9 Å². The van der Waals surface area contributed by atoms with Crippen molar-refractivity contribution in [1.29, 1.82) is 5.41 Å². The van der Waals surface area contributed by atoms with Crippen LogP contribution in [-0.4, -0.2) is 114 Å². The Morgan fingerprint density at radius 3 is 2.04 bits per heavy atom. The van der Waals surface area contributed by atoms with Gasteiger partial charge in [-0.25, -0.2) is 37.5 Å². The molecule has 5 aromatic rings. The van der Waals surface area contributed by atoms with Gasteiger partial charge in [-0.05, 0) is 46.9 Å². The van der Waals surface area contributed by atoms with E-state index in [-0.39, 0.29) is 48.2 Å².